The Balaban J connectivity index is 1.90. The van der Waals surface area contributed by atoms with E-state index in [1.807, 2.05) is 0 Å². The van der Waals surface area contributed by atoms with Crippen molar-refractivity contribution in [3.05, 3.63) is 91.1 Å². The summed E-state index contributed by atoms with van der Waals surface area (Å²) in [4.78, 5) is 0. The molecule has 3 aromatic carbocycles. The van der Waals surface area contributed by atoms with E-state index >= 15 is 0 Å². The van der Waals surface area contributed by atoms with E-state index in [-0.39, 0.29) is 0 Å². The molecule has 4 aromatic rings. The topological polar surface area (TPSA) is 4.93 Å². The van der Waals surface area contributed by atoms with Crippen LogP contribution in [0.5, 0.6) is 0 Å². The van der Waals surface area contributed by atoms with Crippen LogP contribution in [-0.2, 0) is 7.05 Å². The van der Waals surface area contributed by atoms with Crippen LogP contribution in [0.3, 0.4) is 0 Å². The van der Waals surface area contributed by atoms with Crippen molar-refractivity contribution < 1.29 is 0 Å². The second-order valence-electron chi connectivity index (χ2n) is 5.81. The van der Waals surface area contributed by atoms with Crippen LogP contribution in [0.4, 0.5) is 0 Å². The highest BCUT2D eigenvalue weighted by atomic mass is 28.3. The second kappa shape index (κ2) is 5.90. The van der Waals surface area contributed by atoms with Gasteiger partial charge in [-0.15, -0.1) is 0 Å². The second-order valence-corrected chi connectivity index (χ2v) is 8.29. The average Bonchev–Trinajstić information content (AvgIpc) is 2.98. The lowest BCUT2D eigenvalue weighted by atomic mass is 10.2. The van der Waals surface area contributed by atoms with Gasteiger partial charge >= 0.3 is 0 Å². The maximum atomic E-state index is 2.36. The zero-order valence-corrected chi connectivity index (χ0v) is 14.1. The summed E-state index contributed by atoms with van der Waals surface area (Å²) in [5.74, 6) is 0. The van der Waals surface area contributed by atoms with Gasteiger partial charge in [0.2, 0.25) is 0 Å². The number of hydrogen-bond donors (Lipinski definition) is 0. The average molecular weight is 312 g/mol. The summed E-state index contributed by atoms with van der Waals surface area (Å²) in [5.41, 5.74) is 1.29. The molecule has 0 bridgehead atoms. The molecule has 1 aromatic heterocycles. The number of fused-ring (bicyclic) bond motifs is 1. The maximum absolute atomic E-state index is 2.36. The van der Waals surface area contributed by atoms with Crippen LogP contribution in [0.2, 0.25) is 0 Å². The van der Waals surface area contributed by atoms with E-state index in [0.717, 1.165) is 0 Å². The third kappa shape index (κ3) is 2.62. The fraction of sp³-hybridized carbons (Fsp3) is 0.0476. The third-order valence-corrected chi connectivity index (χ3v) is 7.01. The number of nitrogens with zero attached hydrogens (tertiary/aromatic N) is 1. The minimum Gasteiger partial charge on any atom is -0.351 e. The molecule has 0 saturated carbocycles. The van der Waals surface area contributed by atoms with Crippen molar-refractivity contribution in [3.63, 3.8) is 0 Å². The Hall–Kier alpha value is -2.58. The highest BCUT2D eigenvalue weighted by Gasteiger charge is 2.19. The summed E-state index contributed by atoms with van der Waals surface area (Å²) in [6.45, 7) is 0. The van der Waals surface area contributed by atoms with Crippen LogP contribution in [0.25, 0.3) is 10.9 Å². The fourth-order valence-electron chi connectivity index (χ4n) is 3.15. The standard InChI is InChI=1S/C21H18NSi/c1-22-15-14-17-16-20(12-13-21(17)22)23(18-8-4-2-5-9-18)19-10-6-3-7-11-19/h2-16H,1H3. The summed E-state index contributed by atoms with van der Waals surface area (Å²) in [6.07, 6.45) is 2.13. The molecule has 111 valence electrons. The molecule has 2 heteroatoms. The third-order valence-electron chi connectivity index (χ3n) is 4.30. The molecule has 0 atom stereocenters. The van der Waals surface area contributed by atoms with Gasteiger partial charge in [-0.05, 0) is 22.7 Å². The maximum Gasteiger partial charge on any atom is 0.154 e. The Morgan fingerprint density at radius 2 is 1.26 bits per heavy atom. The van der Waals surface area contributed by atoms with Crippen LogP contribution in [0, 0.1) is 0 Å². The lowest BCUT2D eigenvalue weighted by Crippen LogP contribution is -2.51. The first-order chi connectivity index (χ1) is 11.3. The molecule has 1 radical (unpaired) electrons. The highest BCUT2D eigenvalue weighted by Crippen LogP contribution is 2.13. The van der Waals surface area contributed by atoms with Crippen LogP contribution in [-0.4, -0.2) is 13.4 Å². The van der Waals surface area contributed by atoms with Crippen molar-refractivity contribution in [2.75, 3.05) is 0 Å². The van der Waals surface area contributed by atoms with Gasteiger partial charge in [0.25, 0.3) is 0 Å². The number of benzene rings is 3. The van der Waals surface area contributed by atoms with Crippen molar-refractivity contribution in [1.29, 1.82) is 0 Å². The van der Waals surface area contributed by atoms with E-state index in [2.05, 4.69) is 103 Å². The number of aromatic nitrogens is 1. The van der Waals surface area contributed by atoms with Gasteiger partial charge in [-0.2, -0.15) is 0 Å². The van der Waals surface area contributed by atoms with Gasteiger partial charge in [-0.3, -0.25) is 0 Å². The van der Waals surface area contributed by atoms with E-state index in [1.54, 1.807) is 0 Å². The first-order valence-corrected chi connectivity index (χ1v) is 9.36. The van der Waals surface area contributed by atoms with E-state index in [4.69, 9.17) is 0 Å². The molecule has 23 heavy (non-hydrogen) atoms. The summed E-state index contributed by atoms with van der Waals surface area (Å²) in [7, 11) is 1.13. The molecule has 0 aliphatic rings. The van der Waals surface area contributed by atoms with Gasteiger partial charge in [0.15, 0.2) is 8.80 Å². The van der Waals surface area contributed by atoms with Crippen LogP contribution >= 0.6 is 0 Å². The Morgan fingerprint density at radius 1 is 0.652 bits per heavy atom. The van der Waals surface area contributed by atoms with E-state index in [0.29, 0.717) is 0 Å². The van der Waals surface area contributed by atoms with Gasteiger partial charge < -0.3 is 4.57 Å². The number of rotatable bonds is 3. The molecule has 0 N–H and O–H groups in total. The van der Waals surface area contributed by atoms with Gasteiger partial charge in [0, 0.05) is 18.8 Å². The molecule has 0 unspecified atom stereocenters. The SMILES string of the molecule is Cn1ccc2cc([Si](c3ccccc3)c3ccccc3)ccc21. The quantitative estimate of drug-likeness (QED) is 0.405. The molecule has 1 nitrogen and oxygen atoms in total. The summed E-state index contributed by atoms with van der Waals surface area (Å²) >= 11 is 0. The Bertz CT molecular complexity index is 886. The van der Waals surface area contributed by atoms with Crippen LogP contribution in [0.1, 0.15) is 0 Å². The summed E-state index contributed by atoms with van der Waals surface area (Å²) in [5, 5.41) is 5.61. The molecular weight excluding hydrogens is 294 g/mol. The van der Waals surface area contributed by atoms with Crippen molar-refractivity contribution in [2.45, 2.75) is 0 Å². The zero-order chi connectivity index (χ0) is 15.6. The minimum atomic E-state index is -0.968. The van der Waals surface area contributed by atoms with Crippen LogP contribution in [0.15, 0.2) is 91.1 Å². The van der Waals surface area contributed by atoms with Crippen molar-refractivity contribution in [1.82, 2.24) is 4.57 Å². The number of hydrogen-bond acceptors (Lipinski definition) is 0. The fourth-order valence-corrected chi connectivity index (χ4v) is 5.75. The van der Waals surface area contributed by atoms with E-state index in [1.165, 1.54) is 26.5 Å². The normalized spacial score (nSPS) is 11.2. The Kier molecular flexibility index (Phi) is 3.60. The Labute approximate surface area is 138 Å². The predicted molar refractivity (Wildman–Crippen MR) is 100 cm³/mol. The van der Waals surface area contributed by atoms with Gasteiger partial charge in [0.05, 0.1) is 0 Å². The van der Waals surface area contributed by atoms with Crippen molar-refractivity contribution in [2.24, 2.45) is 7.05 Å². The molecule has 0 fully saturated rings. The minimum absolute atomic E-state index is 0.968. The van der Waals surface area contributed by atoms with Crippen molar-refractivity contribution in [3.8, 4) is 0 Å². The lowest BCUT2D eigenvalue weighted by molar-refractivity contribution is 0.969. The highest BCUT2D eigenvalue weighted by molar-refractivity contribution is 6.95. The van der Waals surface area contributed by atoms with Gasteiger partial charge in [-0.1, -0.05) is 83.2 Å². The summed E-state index contributed by atoms with van der Waals surface area (Å²) in [6, 6.07) is 30.9. The van der Waals surface area contributed by atoms with Gasteiger partial charge in [-0.25, -0.2) is 0 Å². The van der Waals surface area contributed by atoms with Gasteiger partial charge in [0.1, 0.15) is 0 Å². The summed E-state index contributed by atoms with van der Waals surface area (Å²) < 4.78 is 2.18. The monoisotopic (exact) mass is 312 g/mol. The largest absolute Gasteiger partial charge is 0.351 e. The zero-order valence-electron chi connectivity index (χ0n) is 13.1. The van der Waals surface area contributed by atoms with Crippen LogP contribution < -0.4 is 15.6 Å². The van der Waals surface area contributed by atoms with Crippen molar-refractivity contribution >= 4 is 35.3 Å². The molecule has 1 heterocycles. The first-order valence-electron chi connectivity index (χ1n) is 7.86. The first kappa shape index (κ1) is 14.0. The molecule has 0 aliphatic heterocycles. The molecule has 0 saturated heterocycles. The molecule has 0 amide bonds. The Morgan fingerprint density at radius 3 is 1.87 bits per heavy atom. The molecular formula is C21H18NSi. The molecule has 0 spiro atoms. The smallest absolute Gasteiger partial charge is 0.154 e. The van der Waals surface area contributed by atoms with E-state index < -0.39 is 8.80 Å². The lowest BCUT2D eigenvalue weighted by Gasteiger charge is -2.17. The molecule has 4 rings (SSSR count). The molecule has 0 aliphatic carbocycles. The number of aryl methyl sites for hydroxylation is 1. The van der Waals surface area contributed by atoms with E-state index in [9.17, 15) is 0 Å². The predicted octanol–water partition coefficient (Wildman–Crippen LogP) is 2.69.